The van der Waals surface area contributed by atoms with Gasteiger partial charge in [-0.15, -0.1) is 0 Å². The van der Waals surface area contributed by atoms with Crippen molar-refractivity contribution in [3.8, 4) is 22.8 Å². The molecule has 0 bridgehead atoms. The van der Waals surface area contributed by atoms with Crippen molar-refractivity contribution in [2.75, 3.05) is 12.4 Å². The number of aromatic nitrogens is 3. The number of hydrogen-bond donors (Lipinski definition) is 4. The number of rotatable bonds is 6. The van der Waals surface area contributed by atoms with E-state index in [1.54, 1.807) is 31.3 Å². The lowest BCUT2D eigenvalue weighted by Gasteiger charge is -2.23. The van der Waals surface area contributed by atoms with E-state index in [2.05, 4.69) is 20.6 Å². The van der Waals surface area contributed by atoms with Gasteiger partial charge >= 0.3 is 0 Å². The number of phenolic OH excluding ortho intramolecular Hbond substituents is 1. The molecule has 1 amide bonds. The van der Waals surface area contributed by atoms with Crippen LogP contribution in [0.5, 0.6) is 11.6 Å². The second-order valence-corrected chi connectivity index (χ2v) is 8.48. The van der Waals surface area contributed by atoms with E-state index in [0.29, 0.717) is 23.0 Å². The fourth-order valence-electron chi connectivity index (χ4n) is 4.33. The predicted octanol–water partition coefficient (Wildman–Crippen LogP) is 5.15. The molecule has 4 aromatic rings. The summed E-state index contributed by atoms with van der Waals surface area (Å²) in [5, 5.41) is 16.3. The van der Waals surface area contributed by atoms with E-state index >= 15 is 0 Å². The zero-order chi connectivity index (χ0) is 23.5. The average Bonchev–Trinajstić information content (AvgIpc) is 3.29. The number of nitrogens with zero attached hydrogens (tertiary/aromatic N) is 2. The number of aromatic amines is 1. The SMILES string of the molecule is CNC(=O)c1ccc(Nc2nc(OC3CCCCC3)c3c(-c4ccc(O)cc4)c[nH]c3n2)cc1. The summed E-state index contributed by atoms with van der Waals surface area (Å²) in [4.78, 5) is 24.5. The summed E-state index contributed by atoms with van der Waals surface area (Å²) in [6.07, 6.45) is 7.57. The van der Waals surface area contributed by atoms with Crippen molar-refractivity contribution in [3.05, 3.63) is 60.3 Å². The third-order valence-electron chi connectivity index (χ3n) is 6.14. The van der Waals surface area contributed by atoms with Crippen molar-refractivity contribution in [3.63, 3.8) is 0 Å². The number of benzene rings is 2. The Kier molecular flexibility index (Phi) is 6.03. The Labute approximate surface area is 197 Å². The minimum atomic E-state index is -0.138. The van der Waals surface area contributed by atoms with Gasteiger partial charge in [0, 0.05) is 30.1 Å². The van der Waals surface area contributed by atoms with Crippen LogP contribution in [-0.2, 0) is 0 Å². The zero-order valence-corrected chi connectivity index (χ0v) is 19.0. The maximum Gasteiger partial charge on any atom is 0.251 e. The van der Waals surface area contributed by atoms with Crippen LogP contribution < -0.4 is 15.4 Å². The standard InChI is InChI=1S/C26H27N5O3/c1-27-24(33)17-7-11-18(12-8-17)29-26-30-23-22(25(31-26)34-20-5-3-2-4-6-20)21(15-28-23)16-9-13-19(32)14-10-16/h7-15,20,32H,2-6H2,1H3,(H,27,33)(H2,28,29,30,31). The molecule has 8 nitrogen and oxygen atoms in total. The number of amides is 1. The van der Waals surface area contributed by atoms with Gasteiger partial charge in [0.15, 0.2) is 0 Å². The van der Waals surface area contributed by atoms with Gasteiger partial charge in [-0.1, -0.05) is 18.6 Å². The van der Waals surface area contributed by atoms with Crippen LogP contribution in [0.2, 0.25) is 0 Å². The highest BCUT2D eigenvalue weighted by atomic mass is 16.5. The van der Waals surface area contributed by atoms with Crippen LogP contribution in [0.3, 0.4) is 0 Å². The Morgan fingerprint density at radius 1 is 1.03 bits per heavy atom. The second kappa shape index (κ2) is 9.43. The van der Waals surface area contributed by atoms with Crippen molar-refractivity contribution in [1.29, 1.82) is 0 Å². The lowest BCUT2D eigenvalue weighted by atomic mass is 9.98. The molecule has 0 spiro atoms. The van der Waals surface area contributed by atoms with Gasteiger partial charge in [0.1, 0.15) is 17.5 Å². The Balaban J connectivity index is 1.52. The molecule has 1 aliphatic rings. The molecule has 174 valence electrons. The Morgan fingerprint density at radius 2 is 1.76 bits per heavy atom. The highest BCUT2D eigenvalue weighted by Crippen LogP contribution is 2.37. The number of H-pyrrole nitrogens is 1. The van der Waals surface area contributed by atoms with Gasteiger partial charge in [-0.05, 0) is 67.6 Å². The monoisotopic (exact) mass is 457 g/mol. The maximum atomic E-state index is 11.8. The molecular weight excluding hydrogens is 430 g/mol. The summed E-state index contributed by atoms with van der Waals surface area (Å²) in [7, 11) is 1.61. The summed E-state index contributed by atoms with van der Waals surface area (Å²) in [5.41, 5.74) is 3.86. The summed E-state index contributed by atoms with van der Waals surface area (Å²) in [6.45, 7) is 0. The molecule has 4 N–H and O–H groups in total. The molecule has 2 aromatic carbocycles. The van der Waals surface area contributed by atoms with Crippen LogP contribution in [0.1, 0.15) is 42.5 Å². The summed E-state index contributed by atoms with van der Waals surface area (Å²) in [5.74, 6) is 1.02. The van der Waals surface area contributed by atoms with Gasteiger partial charge in [-0.2, -0.15) is 9.97 Å². The van der Waals surface area contributed by atoms with Crippen LogP contribution >= 0.6 is 0 Å². The molecule has 2 heterocycles. The fourth-order valence-corrected chi connectivity index (χ4v) is 4.33. The number of carbonyl (C=O) groups is 1. The number of aromatic hydroxyl groups is 1. The van der Waals surface area contributed by atoms with Crippen molar-refractivity contribution in [2.24, 2.45) is 0 Å². The maximum absolute atomic E-state index is 11.8. The first-order valence-corrected chi connectivity index (χ1v) is 11.5. The molecule has 0 radical (unpaired) electrons. The fraction of sp³-hybridized carbons (Fsp3) is 0.269. The Hall–Kier alpha value is -4.07. The van der Waals surface area contributed by atoms with E-state index in [1.165, 1.54) is 6.42 Å². The third-order valence-corrected chi connectivity index (χ3v) is 6.14. The van der Waals surface area contributed by atoms with E-state index in [0.717, 1.165) is 47.9 Å². The smallest absolute Gasteiger partial charge is 0.251 e. The average molecular weight is 458 g/mol. The van der Waals surface area contributed by atoms with Gasteiger partial charge in [-0.3, -0.25) is 4.79 Å². The van der Waals surface area contributed by atoms with E-state index < -0.39 is 0 Å². The van der Waals surface area contributed by atoms with Gasteiger partial charge in [0.05, 0.1) is 5.39 Å². The molecule has 0 saturated heterocycles. The topological polar surface area (TPSA) is 112 Å². The molecule has 0 unspecified atom stereocenters. The van der Waals surface area contributed by atoms with E-state index in [4.69, 9.17) is 9.72 Å². The highest BCUT2D eigenvalue weighted by molar-refractivity contribution is 5.98. The zero-order valence-electron chi connectivity index (χ0n) is 19.0. The molecule has 34 heavy (non-hydrogen) atoms. The van der Waals surface area contributed by atoms with Crippen LogP contribution in [0.15, 0.2) is 54.7 Å². The third kappa shape index (κ3) is 4.52. The molecule has 1 saturated carbocycles. The largest absolute Gasteiger partial charge is 0.508 e. The lowest BCUT2D eigenvalue weighted by molar-refractivity contribution is 0.0963. The number of anilines is 2. The van der Waals surface area contributed by atoms with Crippen molar-refractivity contribution in [2.45, 2.75) is 38.2 Å². The minimum absolute atomic E-state index is 0.120. The van der Waals surface area contributed by atoms with Gasteiger partial charge in [-0.25, -0.2) is 0 Å². The minimum Gasteiger partial charge on any atom is -0.508 e. The van der Waals surface area contributed by atoms with E-state index in [1.807, 2.05) is 30.5 Å². The quantitative estimate of drug-likeness (QED) is 0.319. The molecule has 0 atom stereocenters. The number of nitrogens with one attached hydrogen (secondary N) is 3. The molecule has 1 fully saturated rings. The number of ether oxygens (including phenoxy) is 1. The molecule has 5 rings (SSSR count). The first kappa shape index (κ1) is 21.8. The number of fused-ring (bicyclic) bond motifs is 1. The highest BCUT2D eigenvalue weighted by Gasteiger charge is 2.21. The number of hydrogen-bond acceptors (Lipinski definition) is 6. The van der Waals surface area contributed by atoms with Crippen LogP contribution in [0.4, 0.5) is 11.6 Å². The first-order chi connectivity index (χ1) is 16.6. The second-order valence-electron chi connectivity index (χ2n) is 8.48. The summed E-state index contributed by atoms with van der Waals surface area (Å²) < 4.78 is 6.44. The van der Waals surface area contributed by atoms with E-state index in [-0.39, 0.29) is 17.8 Å². The molecular formula is C26H27N5O3. The van der Waals surface area contributed by atoms with Crippen molar-refractivity contribution >= 4 is 28.6 Å². The molecule has 0 aliphatic heterocycles. The van der Waals surface area contributed by atoms with Gasteiger partial charge in [0.25, 0.3) is 5.91 Å². The normalized spacial score (nSPS) is 14.1. The van der Waals surface area contributed by atoms with Gasteiger partial charge in [0.2, 0.25) is 11.8 Å². The summed E-state index contributed by atoms with van der Waals surface area (Å²) in [6, 6.07) is 14.2. The van der Waals surface area contributed by atoms with Crippen LogP contribution in [0, 0.1) is 0 Å². The molecule has 1 aliphatic carbocycles. The van der Waals surface area contributed by atoms with Crippen molar-refractivity contribution < 1.29 is 14.6 Å². The lowest BCUT2D eigenvalue weighted by Crippen LogP contribution is -2.20. The predicted molar refractivity (Wildman–Crippen MR) is 132 cm³/mol. The van der Waals surface area contributed by atoms with Gasteiger partial charge < -0.3 is 25.5 Å². The number of carbonyl (C=O) groups excluding carboxylic acids is 1. The van der Waals surface area contributed by atoms with E-state index in [9.17, 15) is 9.90 Å². The first-order valence-electron chi connectivity index (χ1n) is 11.5. The molecule has 8 heteroatoms. The Bertz CT molecular complexity index is 1290. The number of phenols is 1. The molecule has 2 aromatic heterocycles. The van der Waals surface area contributed by atoms with Crippen LogP contribution in [0.25, 0.3) is 22.2 Å². The van der Waals surface area contributed by atoms with Crippen LogP contribution in [-0.4, -0.2) is 39.1 Å². The Morgan fingerprint density at radius 3 is 2.47 bits per heavy atom. The summed E-state index contributed by atoms with van der Waals surface area (Å²) >= 11 is 0. The van der Waals surface area contributed by atoms with Crippen molar-refractivity contribution in [1.82, 2.24) is 20.3 Å².